The number of hydrogen-bond acceptors (Lipinski definition) is 4. The lowest BCUT2D eigenvalue weighted by Gasteiger charge is -2.09. The summed E-state index contributed by atoms with van der Waals surface area (Å²) in [4.78, 5) is 0. The highest BCUT2D eigenvalue weighted by Crippen LogP contribution is 2.20. The zero-order valence-corrected chi connectivity index (χ0v) is 17.2. The van der Waals surface area contributed by atoms with Crippen LogP contribution >= 0.6 is 0 Å². The average molecular weight is 397 g/mol. The van der Waals surface area contributed by atoms with E-state index in [0.717, 1.165) is 57.2 Å². The van der Waals surface area contributed by atoms with Crippen LogP contribution in [0.1, 0.15) is 49.7 Å². The molecule has 4 heteroatoms. The van der Waals surface area contributed by atoms with Gasteiger partial charge < -0.3 is 18.9 Å². The quantitative estimate of drug-likeness (QED) is 0.326. The Kier molecular flexibility index (Phi) is 7.44. The molecular formula is C25H32O4. The van der Waals surface area contributed by atoms with Gasteiger partial charge >= 0.3 is 0 Å². The normalized spacial score (nSPS) is 19.7. The number of rotatable bonds is 14. The summed E-state index contributed by atoms with van der Waals surface area (Å²) in [6.45, 7) is 3.47. The van der Waals surface area contributed by atoms with E-state index in [2.05, 4.69) is 48.5 Å². The summed E-state index contributed by atoms with van der Waals surface area (Å²) in [5.41, 5.74) is 2.58. The van der Waals surface area contributed by atoms with Crippen molar-refractivity contribution in [2.75, 3.05) is 26.4 Å². The summed E-state index contributed by atoms with van der Waals surface area (Å²) in [6.07, 6.45) is 8.85. The van der Waals surface area contributed by atoms with Gasteiger partial charge in [0.25, 0.3) is 0 Å². The zero-order valence-electron chi connectivity index (χ0n) is 17.2. The van der Waals surface area contributed by atoms with Crippen LogP contribution in [0.5, 0.6) is 11.5 Å². The summed E-state index contributed by atoms with van der Waals surface area (Å²) >= 11 is 0. The van der Waals surface area contributed by atoms with Crippen LogP contribution in [0.25, 0.3) is 0 Å². The highest BCUT2D eigenvalue weighted by atomic mass is 16.6. The molecule has 2 aromatic rings. The van der Waals surface area contributed by atoms with E-state index in [0.29, 0.717) is 12.2 Å². The molecule has 2 fully saturated rings. The van der Waals surface area contributed by atoms with Crippen molar-refractivity contribution in [3.8, 4) is 11.5 Å². The predicted molar refractivity (Wildman–Crippen MR) is 114 cm³/mol. The molecule has 2 unspecified atom stereocenters. The first-order chi connectivity index (χ1) is 14.3. The van der Waals surface area contributed by atoms with Crippen LogP contribution in [-0.4, -0.2) is 38.6 Å². The van der Waals surface area contributed by atoms with Gasteiger partial charge in [-0.1, -0.05) is 24.3 Å². The molecule has 0 radical (unpaired) electrons. The zero-order chi connectivity index (χ0) is 19.7. The number of ether oxygens (including phenoxy) is 4. The minimum absolute atomic E-state index is 0.530. The first-order valence-corrected chi connectivity index (χ1v) is 11.0. The van der Waals surface area contributed by atoms with E-state index in [1.54, 1.807) is 0 Å². The summed E-state index contributed by atoms with van der Waals surface area (Å²) < 4.78 is 22.1. The number of benzene rings is 2. The molecule has 2 aliphatic rings. The molecule has 2 aliphatic heterocycles. The standard InChI is InChI=1S/C25H32O4/c1(5-24-18-28-24)3-15-26-22-11-7-20(8-12-22)17-21-9-13-23(14-10-21)27-16-4-2-6-25-19-29-25/h7-14,24-25H,1-6,15-19H2. The Hall–Kier alpha value is -2.04. The van der Waals surface area contributed by atoms with Crippen LogP contribution in [0.4, 0.5) is 0 Å². The summed E-state index contributed by atoms with van der Waals surface area (Å²) in [5.74, 6) is 1.90. The van der Waals surface area contributed by atoms with Crippen LogP contribution in [0.15, 0.2) is 48.5 Å². The van der Waals surface area contributed by atoms with Crippen molar-refractivity contribution in [1.29, 1.82) is 0 Å². The van der Waals surface area contributed by atoms with E-state index in [1.807, 2.05) is 0 Å². The lowest BCUT2D eigenvalue weighted by molar-refractivity contribution is 0.299. The van der Waals surface area contributed by atoms with Crippen molar-refractivity contribution in [3.63, 3.8) is 0 Å². The van der Waals surface area contributed by atoms with Gasteiger partial charge in [-0.15, -0.1) is 0 Å². The van der Waals surface area contributed by atoms with Crippen molar-refractivity contribution in [3.05, 3.63) is 59.7 Å². The molecule has 29 heavy (non-hydrogen) atoms. The summed E-state index contributed by atoms with van der Waals surface area (Å²) in [5, 5.41) is 0. The van der Waals surface area contributed by atoms with E-state index in [9.17, 15) is 0 Å². The molecule has 0 spiro atoms. The molecule has 2 aromatic carbocycles. The fourth-order valence-corrected chi connectivity index (χ4v) is 3.44. The number of hydrogen-bond donors (Lipinski definition) is 0. The fourth-order valence-electron chi connectivity index (χ4n) is 3.44. The van der Waals surface area contributed by atoms with Crippen molar-refractivity contribution < 1.29 is 18.9 Å². The van der Waals surface area contributed by atoms with E-state index in [-0.39, 0.29) is 0 Å². The van der Waals surface area contributed by atoms with Gasteiger partial charge in [-0.25, -0.2) is 0 Å². The van der Waals surface area contributed by atoms with Gasteiger partial charge in [-0.2, -0.15) is 0 Å². The molecule has 2 saturated heterocycles. The largest absolute Gasteiger partial charge is 0.494 e. The molecular weight excluding hydrogens is 364 g/mol. The van der Waals surface area contributed by atoms with Crippen molar-refractivity contribution in [2.45, 2.75) is 57.2 Å². The topological polar surface area (TPSA) is 43.5 Å². The Morgan fingerprint density at radius 1 is 0.621 bits per heavy atom. The first-order valence-electron chi connectivity index (χ1n) is 11.0. The minimum atomic E-state index is 0.530. The van der Waals surface area contributed by atoms with Crippen molar-refractivity contribution in [2.24, 2.45) is 0 Å². The summed E-state index contributed by atoms with van der Waals surface area (Å²) in [6, 6.07) is 16.9. The third-order valence-corrected chi connectivity index (χ3v) is 5.44. The van der Waals surface area contributed by atoms with Crippen LogP contribution in [0.2, 0.25) is 0 Å². The Balaban J connectivity index is 1.12. The third kappa shape index (κ3) is 7.71. The maximum atomic E-state index is 5.84. The van der Waals surface area contributed by atoms with E-state index in [1.165, 1.54) is 36.8 Å². The molecule has 0 saturated carbocycles. The molecule has 0 bridgehead atoms. The van der Waals surface area contributed by atoms with Gasteiger partial charge in [-0.05, 0) is 80.3 Å². The third-order valence-electron chi connectivity index (χ3n) is 5.44. The highest BCUT2D eigenvalue weighted by Gasteiger charge is 2.21. The van der Waals surface area contributed by atoms with Crippen LogP contribution in [0, 0.1) is 0 Å². The maximum absolute atomic E-state index is 5.84. The van der Waals surface area contributed by atoms with E-state index < -0.39 is 0 Å². The van der Waals surface area contributed by atoms with Gasteiger partial charge in [0.05, 0.1) is 38.6 Å². The second-order valence-electron chi connectivity index (χ2n) is 8.06. The van der Waals surface area contributed by atoms with Crippen LogP contribution in [0.3, 0.4) is 0 Å². The molecule has 4 rings (SSSR count). The second-order valence-corrected chi connectivity index (χ2v) is 8.06. The first kappa shape index (κ1) is 20.2. The molecule has 4 nitrogen and oxygen atoms in total. The number of epoxide rings is 2. The Morgan fingerprint density at radius 2 is 1.03 bits per heavy atom. The second kappa shape index (κ2) is 10.7. The molecule has 0 aliphatic carbocycles. The maximum Gasteiger partial charge on any atom is 0.119 e. The lowest BCUT2D eigenvalue weighted by atomic mass is 10.0. The summed E-state index contributed by atoms with van der Waals surface area (Å²) in [7, 11) is 0. The van der Waals surface area contributed by atoms with Gasteiger partial charge in [0, 0.05) is 0 Å². The van der Waals surface area contributed by atoms with E-state index in [4.69, 9.17) is 18.9 Å². The van der Waals surface area contributed by atoms with E-state index >= 15 is 0 Å². The molecule has 2 heterocycles. The lowest BCUT2D eigenvalue weighted by Crippen LogP contribution is -1.99. The minimum Gasteiger partial charge on any atom is -0.494 e. The predicted octanol–water partition coefficient (Wildman–Crippen LogP) is 5.17. The fraction of sp³-hybridized carbons (Fsp3) is 0.520. The Bertz CT molecular complexity index is 654. The van der Waals surface area contributed by atoms with Crippen molar-refractivity contribution in [1.82, 2.24) is 0 Å². The van der Waals surface area contributed by atoms with Gasteiger partial charge in [0.15, 0.2) is 0 Å². The van der Waals surface area contributed by atoms with Gasteiger partial charge in [0.1, 0.15) is 11.5 Å². The Morgan fingerprint density at radius 3 is 1.41 bits per heavy atom. The van der Waals surface area contributed by atoms with Crippen LogP contribution in [-0.2, 0) is 15.9 Å². The van der Waals surface area contributed by atoms with Crippen molar-refractivity contribution >= 4 is 0 Å². The SMILES string of the molecule is c1cc(OCCCCC2CO2)ccc1Cc1ccc(OCCCCC2CO2)cc1. The Labute approximate surface area is 174 Å². The highest BCUT2D eigenvalue weighted by molar-refractivity contribution is 5.34. The molecule has 156 valence electrons. The van der Waals surface area contributed by atoms with Gasteiger partial charge in [0.2, 0.25) is 0 Å². The number of unbranched alkanes of at least 4 members (excludes halogenated alkanes) is 2. The van der Waals surface area contributed by atoms with Crippen LogP contribution < -0.4 is 9.47 Å². The smallest absolute Gasteiger partial charge is 0.119 e. The molecule has 2 atom stereocenters. The molecule has 0 N–H and O–H groups in total. The molecule has 0 amide bonds. The van der Waals surface area contributed by atoms with Gasteiger partial charge in [-0.3, -0.25) is 0 Å². The molecule has 0 aromatic heterocycles. The monoisotopic (exact) mass is 396 g/mol. The average Bonchev–Trinajstić information content (AvgIpc) is 3.66.